The van der Waals surface area contributed by atoms with Gasteiger partial charge in [-0.1, -0.05) is 0 Å². The number of nitrogens with zero attached hydrogens (tertiary/aromatic N) is 2. The van der Waals surface area contributed by atoms with Gasteiger partial charge in [-0.15, -0.1) is 0 Å². The third kappa shape index (κ3) is 3.48. The van der Waals surface area contributed by atoms with Crippen LogP contribution in [0.25, 0.3) is 0 Å². The number of carbonyl (C=O) groups is 4. The number of imide groups is 1. The van der Waals surface area contributed by atoms with Crippen LogP contribution in [0, 0.1) is 0 Å². The molecule has 4 amide bonds. The van der Waals surface area contributed by atoms with Crippen LogP contribution in [0.2, 0.25) is 0 Å². The standard InChI is InChI=1S/C12H17N3O6/c1-14-9(16)5-8(11(14)19)13-12(20)15-2-3-21-7(6-15)4-10(17)18/h7-8H,2-6H2,1H3,(H,13,20)(H,17,18). The number of carboxylic acids is 1. The number of nitrogens with one attached hydrogen (secondary N) is 1. The number of hydrogen-bond donors (Lipinski definition) is 2. The van der Waals surface area contributed by atoms with Crippen molar-refractivity contribution in [2.45, 2.75) is 25.0 Å². The molecule has 0 aromatic heterocycles. The summed E-state index contributed by atoms with van der Waals surface area (Å²) in [6.45, 7) is 0.693. The molecule has 2 aliphatic rings. The van der Waals surface area contributed by atoms with E-state index in [2.05, 4.69) is 5.32 Å². The van der Waals surface area contributed by atoms with Gasteiger partial charge in [-0.3, -0.25) is 19.3 Å². The van der Waals surface area contributed by atoms with Gasteiger partial charge in [-0.2, -0.15) is 0 Å². The van der Waals surface area contributed by atoms with Crippen LogP contribution < -0.4 is 5.32 Å². The number of morpholine rings is 1. The van der Waals surface area contributed by atoms with E-state index in [1.807, 2.05) is 0 Å². The second-order valence-corrected chi connectivity index (χ2v) is 5.03. The van der Waals surface area contributed by atoms with E-state index in [-0.39, 0.29) is 31.9 Å². The Morgan fingerprint density at radius 3 is 2.71 bits per heavy atom. The molecule has 0 saturated carbocycles. The molecule has 2 aliphatic heterocycles. The summed E-state index contributed by atoms with van der Waals surface area (Å²) in [6, 6.07) is -1.34. The molecule has 0 bridgehead atoms. The Hall–Kier alpha value is -2.16. The van der Waals surface area contributed by atoms with E-state index in [1.165, 1.54) is 11.9 Å². The molecule has 21 heavy (non-hydrogen) atoms. The van der Waals surface area contributed by atoms with Crippen molar-refractivity contribution in [2.75, 3.05) is 26.7 Å². The number of aliphatic carboxylic acids is 1. The minimum atomic E-state index is -1.000. The third-order valence-corrected chi connectivity index (χ3v) is 3.51. The first-order valence-corrected chi connectivity index (χ1v) is 6.57. The van der Waals surface area contributed by atoms with Gasteiger partial charge < -0.3 is 20.1 Å². The van der Waals surface area contributed by atoms with E-state index in [9.17, 15) is 19.2 Å². The van der Waals surface area contributed by atoms with E-state index in [0.29, 0.717) is 6.54 Å². The summed E-state index contributed by atoms with van der Waals surface area (Å²) < 4.78 is 5.26. The number of amides is 4. The van der Waals surface area contributed by atoms with Crippen LogP contribution in [-0.2, 0) is 19.1 Å². The van der Waals surface area contributed by atoms with Gasteiger partial charge in [0.05, 0.1) is 25.6 Å². The Morgan fingerprint density at radius 1 is 1.43 bits per heavy atom. The minimum Gasteiger partial charge on any atom is -0.481 e. The van der Waals surface area contributed by atoms with Crippen molar-refractivity contribution in [2.24, 2.45) is 0 Å². The highest BCUT2D eigenvalue weighted by Crippen LogP contribution is 2.13. The van der Waals surface area contributed by atoms with Crippen molar-refractivity contribution >= 4 is 23.8 Å². The molecule has 0 spiro atoms. The molecule has 2 fully saturated rings. The maximum Gasteiger partial charge on any atom is 0.318 e. The molecule has 2 rings (SSSR count). The fraction of sp³-hybridized carbons (Fsp3) is 0.667. The second-order valence-electron chi connectivity index (χ2n) is 5.03. The molecular formula is C12H17N3O6. The first-order valence-electron chi connectivity index (χ1n) is 6.57. The summed E-state index contributed by atoms with van der Waals surface area (Å²) in [4.78, 5) is 48.2. The van der Waals surface area contributed by atoms with Crippen LogP contribution in [0.5, 0.6) is 0 Å². The zero-order valence-corrected chi connectivity index (χ0v) is 11.6. The number of ether oxygens (including phenoxy) is 1. The number of hydrogen-bond acceptors (Lipinski definition) is 5. The molecule has 0 aromatic rings. The summed E-state index contributed by atoms with van der Waals surface area (Å²) in [5.74, 6) is -1.78. The van der Waals surface area contributed by atoms with Crippen LogP contribution in [0.4, 0.5) is 4.79 Å². The Bertz CT molecular complexity index is 480. The van der Waals surface area contributed by atoms with Gasteiger partial charge in [0.1, 0.15) is 6.04 Å². The number of carbonyl (C=O) groups excluding carboxylic acids is 3. The van der Waals surface area contributed by atoms with Gasteiger partial charge in [0, 0.05) is 20.1 Å². The largest absolute Gasteiger partial charge is 0.481 e. The van der Waals surface area contributed by atoms with Gasteiger partial charge in [0.15, 0.2) is 0 Å². The average Bonchev–Trinajstić information content (AvgIpc) is 2.66. The molecule has 116 valence electrons. The van der Waals surface area contributed by atoms with Crippen molar-refractivity contribution in [3.8, 4) is 0 Å². The molecule has 2 saturated heterocycles. The van der Waals surface area contributed by atoms with Crippen molar-refractivity contribution < 1.29 is 29.0 Å². The lowest BCUT2D eigenvalue weighted by molar-refractivity contribution is -0.141. The van der Waals surface area contributed by atoms with Crippen molar-refractivity contribution in [1.82, 2.24) is 15.1 Å². The Labute approximate surface area is 120 Å². The van der Waals surface area contributed by atoms with E-state index in [4.69, 9.17) is 9.84 Å². The Morgan fingerprint density at radius 2 is 2.14 bits per heavy atom. The summed E-state index contributed by atoms with van der Waals surface area (Å²) in [7, 11) is 1.37. The normalized spacial score (nSPS) is 26.1. The molecule has 2 atom stereocenters. The van der Waals surface area contributed by atoms with E-state index >= 15 is 0 Å². The fourth-order valence-corrected chi connectivity index (χ4v) is 2.33. The SMILES string of the molecule is CN1C(=O)CC(NC(=O)N2CCOC(CC(=O)O)C2)C1=O. The highest BCUT2D eigenvalue weighted by molar-refractivity contribution is 6.06. The lowest BCUT2D eigenvalue weighted by Gasteiger charge is -2.32. The molecule has 0 aliphatic carbocycles. The van der Waals surface area contributed by atoms with Crippen molar-refractivity contribution in [1.29, 1.82) is 0 Å². The molecule has 2 heterocycles. The predicted molar refractivity (Wildman–Crippen MR) is 68.3 cm³/mol. The molecule has 0 radical (unpaired) electrons. The highest BCUT2D eigenvalue weighted by atomic mass is 16.5. The molecule has 9 heteroatoms. The topological polar surface area (TPSA) is 116 Å². The molecule has 2 N–H and O–H groups in total. The zero-order valence-electron chi connectivity index (χ0n) is 11.6. The van der Waals surface area contributed by atoms with Gasteiger partial charge >= 0.3 is 12.0 Å². The fourth-order valence-electron chi connectivity index (χ4n) is 2.33. The lowest BCUT2D eigenvalue weighted by Crippen LogP contribution is -2.53. The lowest BCUT2D eigenvalue weighted by atomic mass is 10.2. The number of urea groups is 1. The second kappa shape index (κ2) is 6.08. The maximum atomic E-state index is 12.1. The molecule has 0 aromatic carbocycles. The van der Waals surface area contributed by atoms with Gasteiger partial charge in [-0.05, 0) is 0 Å². The van der Waals surface area contributed by atoms with Gasteiger partial charge in [0.25, 0.3) is 5.91 Å². The van der Waals surface area contributed by atoms with Crippen LogP contribution >= 0.6 is 0 Å². The highest BCUT2D eigenvalue weighted by Gasteiger charge is 2.38. The minimum absolute atomic E-state index is 0.0516. The summed E-state index contributed by atoms with van der Waals surface area (Å²) in [5.41, 5.74) is 0. The quantitative estimate of drug-likeness (QED) is 0.621. The van der Waals surface area contributed by atoms with E-state index < -0.39 is 30.1 Å². The third-order valence-electron chi connectivity index (χ3n) is 3.51. The van der Waals surface area contributed by atoms with Crippen molar-refractivity contribution in [3.05, 3.63) is 0 Å². The smallest absolute Gasteiger partial charge is 0.318 e. The van der Waals surface area contributed by atoms with Crippen LogP contribution in [0.3, 0.4) is 0 Å². The summed E-state index contributed by atoms with van der Waals surface area (Å²) in [5, 5.41) is 11.2. The predicted octanol–water partition coefficient (Wildman–Crippen LogP) is -1.37. The van der Waals surface area contributed by atoms with Crippen LogP contribution in [-0.4, -0.2) is 77.6 Å². The molecular weight excluding hydrogens is 282 g/mol. The Balaban J connectivity index is 1.90. The van der Waals surface area contributed by atoms with E-state index in [1.54, 1.807) is 0 Å². The van der Waals surface area contributed by atoms with Crippen molar-refractivity contribution in [3.63, 3.8) is 0 Å². The molecule has 2 unspecified atom stereocenters. The van der Waals surface area contributed by atoms with Gasteiger partial charge in [0.2, 0.25) is 5.91 Å². The monoisotopic (exact) mass is 299 g/mol. The summed E-state index contributed by atoms with van der Waals surface area (Å²) >= 11 is 0. The Kier molecular flexibility index (Phi) is 4.41. The average molecular weight is 299 g/mol. The first-order chi connectivity index (χ1) is 9.88. The van der Waals surface area contributed by atoms with Crippen LogP contribution in [0.1, 0.15) is 12.8 Å². The number of carboxylic acid groups (broad SMARTS) is 1. The zero-order chi connectivity index (χ0) is 15.6. The van der Waals surface area contributed by atoms with E-state index in [0.717, 1.165) is 4.90 Å². The number of rotatable bonds is 3. The first kappa shape index (κ1) is 15.2. The maximum absolute atomic E-state index is 12.1. The number of likely N-dealkylation sites (N-methyl/N-ethyl adjacent to an activating group) is 1. The van der Waals surface area contributed by atoms with Crippen LogP contribution in [0.15, 0.2) is 0 Å². The number of likely N-dealkylation sites (tertiary alicyclic amines) is 1. The molecule has 9 nitrogen and oxygen atoms in total. The summed E-state index contributed by atoms with van der Waals surface area (Å²) in [6.07, 6.45) is -0.803. The van der Waals surface area contributed by atoms with Gasteiger partial charge in [-0.25, -0.2) is 4.79 Å².